The van der Waals surface area contributed by atoms with Crippen molar-refractivity contribution in [3.05, 3.63) is 70.9 Å². The molecule has 0 spiro atoms. The second kappa shape index (κ2) is 14.2. The van der Waals surface area contributed by atoms with Crippen molar-refractivity contribution in [2.24, 2.45) is 0 Å². The summed E-state index contributed by atoms with van der Waals surface area (Å²) >= 11 is 1.67. The lowest BCUT2D eigenvalue weighted by Gasteiger charge is -2.33. The van der Waals surface area contributed by atoms with E-state index < -0.39 is 0 Å². The summed E-state index contributed by atoms with van der Waals surface area (Å²) in [6.45, 7) is 10.6. The number of anilines is 2. The van der Waals surface area contributed by atoms with Gasteiger partial charge in [0.15, 0.2) is 17.1 Å². The highest BCUT2D eigenvalue weighted by Crippen LogP contribution is 2.45. The Kier molecular flexibility index (Phi) is 9.56. The number of thiophene rings is 1. The van der Waals surface area contributed by atoms with Gasteiger partial charge in [-0.15, -0.1) is 11.3 Å². The first-order valence-corrected chi connectivity index (χ1v) is 17.5. The van der Waals surface area contributed by atoms with Crippen LogP contribution in [0.3, 0.4) is 0 Å². The fraction of sp³-hybridized carbons (Fsp3) is 0.378. The largest absolute Gasteiger partial charge is 0.440 e. The van der Waals surface area contributed by atoms with Crippen molar-refractivity contribution >= 4 is 65.7 Å². The van der Waals surface area contributed by atoms with Crippen LogP contribution in [0.25, 0.3) is 42.3 Å². The molecule has 2 N–H and O–H groups in total. The first-order valence-electron chi connectivity index (χ1n) is 16.7. The Morgan fingerprint density at radius 1 is 0.854 bits per heavy atom. The highest BCUT2D eigenvalue weighted by Gasteiger charge is 2.23. The van der Waals surface area contributed by atoms with Gasteiger partial charge >= 0.3 is 0 Å². The Morgan fingerprint density at radius 3 is 2.35 bits per heavy atom. The summed E-state index contributed by atoms with van der Waals surface area (Å²) in [7, 11) is 0. The standard InChI is InChI=1S/C37H41N5O5S/c1-24(2)38-21-25(43)22-40-12-14-41(15-13-40)23-33(45)39-30-11-10-27(37-35(30)29-6-3-4-9-32(29)48-37)26-7-5-8-28-31(44)20-34(47-36(26)28)42-16-18-46-19-17-42/h3-11,20,24,38H,12-19,21-23H2,1-2H3,(H,39,45). The quantitative estimate of drug-likeness (QED) is 0.218. The zero-order valence-electron chi connectivity index (χ0n) is 27.4. The number of rotatable bonds is 10. The molecule has 0 unspecified atom stereocenters. The minimum absolute atomic E-state index is 0.0729. The topological polar surface area (TPSA) is 107 Å². The zero-order chi connectivity index (χ0) is 33.2. The molecule has 1 amide bonds. The third kappa shape index (κ3) is 6.87. The fourth-order valence-corrected chi connectivity index (χ4v) is 7.84. The molecule has 0 radical (unpaired) electrons. The SMILES string of the molecule is CC(C)NCC(=O)CN1CCN(CC(=O)Nc2ccc(-c3cccc4c(=O)cc(N5CCOCC5)oc34)c3sc4ccccc4c23)CC1. The van der Waals surface area contributed by atoms with E-state index in [4.69, 9.17) is 9.15 Å². The monoisotopic (exact) mass is 667 g/mol. The predicted molar refractivity (Wildman–Crippen MR) is 193 cm³/mol. The minimum Gasteiger partial charge on any atom is -0.440 e. The Hall–Kier alpha value is -4.13. The van der Waals surface area contributed by atoms with E-state index in [1.807, 2.05) is 56.3 Å². The van der Waals surface area contributed by atoms with Gasteiger partial charge in [0.25, 0.3) is 0 Å². The van der Waals surface area contributed by atoms with E-state index in [1.165, 1.54) is 0 Å². The van der Waals surface area contributed by atoms with Crippen molar-refractivity contribution in [1.29, 1.82) is 0 Å². The molecule has 2 fully saturated rings. The van der Waals surface area contributed by atoms with Crippen LogP contribution in [0.5, 0.6) is 0 Å². The van der Waals surface area contributed by atoms with Gasteiger partial charge < -0.3 is 24.7 Å². The van der Waals surface area contributed by atoms with E-state index in [0.29, 0.717) is 56.2 Å². The number of nitrogens with one attached hydrogen (secondary N) is 2. The smallest absolute Gasteiger partial charge is 0.238 e. The molecule has 0 saturated carbocycles. The van der Waals surface area contributed by atoms with Crippen molar-refractivity contribution in [2.75, 3.05) is 82.3 Å². The van der Waals surface area contributed by atoms with Crippen LogP contribution in [-0.4, -0.2) is 99.6 Å². The number of hydrogen-bond donors (Lipinski definition) is 2. The van der Waals surface area contributed by atoms with Crippen molar-refractivity contribution in [2.45, 2.75) is 19.9 Å². The van der Waals surface area contributed by atoms with E-state index in [9.17, 15) is 14.4 Å². The van der Waals surface area contributed by atoms with Gasteiger partial charge in [-0.05, 0) is 18.2 Å². The van der Waals surface area contributed by atoms with Crippen molar-refractivity contribution in [1.82, 2.24) is 15.1 Å². The molecule has 3 aromatic carbocycles. The maximum absolute atomic E-state index is 13.5. The number of benzene rings is 3. The summed E-state index contributed by atoms with van der Waals surface area (Å²) in [6, 6.07) is 19.8. The highest BCUT2D eigenvalue weighted by molar-refractivity contribution is 7.26. The Morgan fingerprint density at radius 2 is 1.58 bits per heavy atom. The van der Waals surface area contributed by atoms with Gasteiger partial charge in [-0.25, -0.2) is 0 Å². The van der Waals surface area contributed by atoms with Crippen LogP contribution >= 0.6 is 11.3 Å². The number of nitrogens with zero attached hydrogens (tertiary/aromatic N) is 3. The molecule has 0 atom stereocenters. The van der Waals surface area contributed by atoms with Gasteiger partial charge in [-0.2, -0.15) is 0 Å². The maximum atomic E-state index is 13.5. The Bertz CT molecular complexity index is 2020. The number of hydrogen-bond acceptors (Lipinski definition) is 10. The molecular weight excluding hydrogens is 627 g/mol. The van der Waals surface area contributed by atoms with Crippen LogP contribution in [0.4, 0.5) is 11.6 Å². The summed E-state index contributed by atoms with van der Waals surface area (Å²) < 4.78 is 14.1. The molecule has 2 saturated heterocycles. The summed E-state index contributed by atoms with van der Waals surface area (Å²) in [5.41, 5.74) is 3.02. The number of amides is 1. The molecule has 48 heavy (non-hydrogen) atoms. The highest BCUT2D eigenvalue weighted by atomic mass is 32.1. The van der Waals surface area contributed by atoms with Gasteiger partial charge in [-0.1, -0.05) is 50.2 Å². The minimum atomic E-state index is -0.0772. The van der Waals surface area contributed by atoms with Gasteiger partial charge in [0.05, 0.1) is 43.9 Å². The molecule has 2 aromatic heterocycles. The molecule has 11 heteroatoms. The van der Waals surface area contributed by atoms with Crippen LogP contribution in [0.1, 0.15) is 13.8 Å². The summed E-state index contributed by atoms with van der Waals surface area (Å²) in [5, 5.41) is 8.98. The van der Waals surface area contributed by atoms with Crippen molar-refractivity contribution in [3.63, 3.8) is 0 Å². The van der Waals surface area contributed by atoms with Crippen molar-refractivity contribution < 1.29 is 18.7 Å². The molecule has 0 bridgehead atoms. The first kappa shape index (κ1) is 32.4. The lowest BCUT2D eigenvalue weighted by Crippen LogP contribution is -2.50. The summed E-state index contributed by atoms with van der Waals surface area (Å²) in [6.07, 6.45) is 0. The number of morpholine rings is 1. The molecule has 10 nitrogen and oxygen atoms in total. The number of ketones is 1. The third-order valence-corrected chi connectivity index (χ3v) is 10.3. The van der Waals surface area contributed by atoms with Gasteiger partial charge in [0, 0.05) is 82.7 Å². The molecule has 7 rings (SSSR count). The first-order chi connectivity index (χ1) is 23.3. The van der Waals surface area contributed by atoms with Gasteiger partial charge in [-0.3, -0.25) is 24.2 Å². The van der Waals surface area contributed by atoms with E-state index in [0.717, 1.165) is 63.2 Å². The molecule has 2 aliphatic rings. The number of piperazine rings is 1. The van der Waals surface area contributed by atoms with Gasteiger partial charge in [0.1, 0.15) is 5.58 Å². The molecular formula is C37H41N5O5S. The Balaban J connectivity index is 1.15. The van der Waals surface area contributed by atoms with Crippen LogP contribution in [0.15, 0.2) is 69.9 Å². The average molecular weight is 668 g/mol. The van der Waals surface area contributed by atoms with E-state index in [-0.39, 0.29) is 29.7 Å². The molecule has 0 aliphatic carbocycles. The van der Waals surface area contributed by atoms with Crippen LogP contribution in [-0.2, 0) is 14.3 Å². The van der Waals surface area contributed by atoms with Crippen molar-refractivity contribution in [3.8, 4) is 11.1 Å². The number of fused-ring (bicyclic) bond motifs is 4. The molecule has 5 aromatic rings. The van der Waals surface area contributed by atoms with E-state index >= 15 is 0 Å². The van der Waals surface area contributed by atoms with Gasteiger partial charge in [0.2, 0.25) is 5.91 Å². The lowest BCUT2D eigenvalue weighted by atomic mass is 9.99. The molecule has 2 aliphatic heterocycles. The van der Waals surface area contributed by atoms with Crippen LogP contribution in [0, 0.1) is 0 Å². The van der Waals surface area contributed by atoms with Crippen LogP contribution in [0.2, 0.25) is 0 Å². The fourth-order valence-electron chi connectivity index (χ4n) is 6.58. The summed E-state index contributed by atoms with van der Waals surface area (Å²) in [5.74, 6) is 0.667. The number of carbonyl (C=O) groups is 2. The number of para-hydroxylation sites is 1. The predicted octanol–water partition coefficient (Wildman–Crippen LogP) is 4.79. The second-order valence-electron chi connectivity index (χ2n) is 12.9. The van der Waals surface area contributed by atoms with Crippen LogP contribution < -0.4 is 21.0 Å². The second-order valence-corrected chi connectivity index (χ2v) is 13.9. The normalized spacial score (nSPS) is 16.4. The number of ether oxygens (including phenoxy) is 1. The summed E-state index contributed by atoms with van der Waals surface area (Å²) in [4.78, 5) is 45.4. The van der Waals surface area contributed by atoms with E-state index in [2.05, 4.69) is 37.5 Å². The Labute approximate surface area is 283 Å². The number of Topliss-reactive ketones (excluding diaryl/α,β-unsaturated/α-hetero) is 1. The molecule has 250 valence electrons. The number of carbonyl (C=O) groups excluding carboxylic acids is 2. The molecule has 4 heterocycles. The average Bonchev–Trinajstić information content (AvgIpc) is 3.49. The van der Waals surface area contributed by atoms with E-state index in [1.54, 1.807) is 17.4 Å². The maximum Gasteiger partial charge on any atom is 0.238 e. The zero-order valence-corrected chi connectivity index (χ0v) is 28.2. The lowest BCUT2D eigenvalue weighted by molar-refractivity contribution is -0.121. The third-order valence-electron chi connectivity index (χ3n) is 9.09.